The average Bonchev–Trinajstić information content (AvgIpc) is 2.91. The number of carboxylic acid groups (broad SMARTS) is 1. The number of nitriles is 1. The number of carboxylic acids is 1. The molecule has 8 heteroatoms. The van der Waals surface area contributed by atoms with Crippen LogP contribution in [0.5, 0.6) is 0 Å². The van der Waals surface area contributed by atoms with E-state index in [9.17, 15) is 9.59 Å². The topological polar surface area (TPSA) is 116 Å². The molecule has 0 atom stereocenters. The molecule has 0 bridgehead atoms. The van der Waals surface area contributed by atoms with Crippen molar-refractivity contribution in [3.05, 3.63) is 46.3 Å². The summed E-state index contributed by atoms with van der Waals surface area (Å²) in [5.41, 5.74) is 0.326. The highest BCUT2D eigenvalue weighted by molar-refractivity contribution is 6.34. The minimum Gasteiger partial charge on any atom is -0.475 e. The molecule has 2 rings (SSSR count). The molecule has 0 saturated heterocycles. The number of anilines is 1. The standard InChI is InChI=1S/C12H6ClN3O4/c13-7-2-1-6(5-14)3-8(7)15-11(17)9-4-10(12(18)19)20-16-9/h1-4H,(H,15,17)(H,18,19). The first-order valence-corrected chi connectivity index (χ1v) is 5.60. The number of rotatable bonds is 3. The number of halogens is 1. The van der Waals surface area contributed by atoms with Crippen LogP contribution in [0.15, 0.2) is 28.8 Å². The van der Waals surface area contributed by atoms with Crippen molar-refractivity contribution < 1.29 is 19.2 Å². The van der Waals surface area contributed by atoms with Crippen LogP contribution in [0.1, 0.15) is 26.6 Å². The van der Waals surface area contributed by atoms with Gasteiger partial charge in [0, 0.05) is 6.07 Å². The Morgan fingerprint density at radius 2 is 2.15 bits per heavy atom. The molecule has 0 fully saturated rings. The Balaban J connectivity index is 2.23. The van der Waals surface area contributed by atoms with E-state index in [0.717, 1.165) is 6.07 Å². The summed E-state index contributed by atoms with van der Waals surface area (Å²) in [5, 5.41) is 23.4. The molecule has 100 valence electrons. The van der Waals surface area contributed by atoms with Gasteiger partial charge in [-0.05, 0) is 18.2 Å². The van der Waals surface area contributed by atoms with E-state index in [1.165, 1.54) is 18.2 Å². The Morgan fingerprint density at radius 1 is 1.40 bits per heavy atom. The number of amides is 1. The van der Waals surface area contributed by atoms with Gasteiger partial charge in [-0.15, -0.1) is 0 Å². The van der Waals surface area contributed by atoms with Crippen molar-refractivity contribution in [3.8, 4) is 6.07 Å². The monoisotopic (exact) mass is 291 g/mol. The van der Waals surface area contributed by atoms with Crippen LogP contribution in [-0.2, 0) is 0 Å². The SMILES string of the molecule is N#Cc1ccc(Cl)c(NC(=O)c2cc(C(=O)O)on2)c1. The lowest BCUT2D eigenvalue weighted by Crippen LogP contribution is -2.12. The van der Waals surface area contributed by atoms with E-state index >= 15 is 0 Å². The highest BCUT2D eigenvalue weighted by atomic mass is 35.5. The van der Waals surface area contributed by atoms with Gasteiger partial charge >= 0.3 is 5.97 Å². The Hall–Kier alpha value is -2.85. The van der Waals surface area contributed by atoms with Crippen LogP contribution < -0.4 is 5.32 Å². The van der Waals surface area contributed by atoms with Crippen molar-refractivity contribution in [2.24, 2.45) is 0 Å². The van der Waals surface area contributed by atoms with Gasteiger partial charge in [-0.3, -0.25) is 4.79 Å². The first kappa shape index (κ1) is 13.6. The maximum atomic E-state index is 11.8. The van der Waals surface area contributed by atoms with Crippen molar-refractivity contribution in [1.29, 1.82) is 5.26 Å². The number of nitrogens with zero attached hydrogens (tertiary/aromatic N) is 2. The predicted molar refractivity (Wildman–Crippen MR) is 67.6 cm³/mol. The highest BCUT2D eigenvalue weighted by Crippen LogP contribution is 2.23. The molecule has 1 amide bonds. The van der Waals surface area contributed by atoms with Crippen LogP contribution >= 0.6 is 11.6 Å². The van der Waals surface area contributed by atoms with Crippen molar-refractivity contribution in [2.45, 2.75) is 0 Å². The molecular weight excluding hydrogens is 286 g/mol. The maximum absolute atomic E-state index is 11.8. The number of hydrogen-bond acceptors (Lipinski definition) is 5. The number of aromatic carboxylic acids is 1. The zero-order valence-corrected chi connectivity index (χ0v) is 10.5. The molecule has 1 heterocycles. The molecule has 1 aromatic carbocycles. The Labute approximate surface area is 117 Å². The molecule has 20 heavy (non-hydrogen) atoms. The summed E-state index contributed by atoms with van der Waals surface area (Å²) in [6.45, 7) is 0. The second-order valence-corrected chi connectivity index (χ2v) is 4.05. The van der Waals surface area contributed by atoms with Gasteiger partial charge in [-0.1, -0.05) is 16.8 Å². The van der Waals surface area contributed by atoms with Crippen LogP contribution in [0, 0.1) is 11.3 Å². The summed E-state index contributed by atoms with van der Waals surface area (Å²) in [4.78, 5) is 22.4. The van der Waals surface area contributed by atoms with Gasteiger partial charge < -0.3 is 14.9 Å². The maximum Gasteiger partial charge on any atom is 0.374 e. The molecule has 0 spiro atoms. The Bertz CT molecular complexity index is 733. The number of aromatic nitrogens is 1. The van der Waals surface area contributed by atoms with Gasteiger partial charge in [0.05, 0.1) is 22.3 Å². The lowest BCUT2D eigenvalue weighted by molar-refractivity contribution is 0.0651. The zero-order chi connectivity index (χ0) is 14.7. The third-order valence-corrected chi connectivity index (χ3v) is 2.63. The number of benzene rings is 1. The van der Waals surface area contributed by atoms with E-state index in [2.05, 4.69) is 15.0 Å². The van der Waals surface area contributed by atoms with Gasteiger partial charge in [-0.25, -0.2) is 4.79 Å². The van der Waals surface area contributed by atoms with Gasteiger partial charge in [0.15, 0.2) is 5.69 Å². The normalized spacial score (nSPS) is 9.80. The quantitative estimate of drug-likeness (QED) is 0.895. The molecule has 2 aromatic rings. The zero-order valence-electron chi connectivity index (χ0n) is 9.75. The average molecular weight is 292 g/mol. The van der Waals surface area contributed by atoms with Crippen LogP contribution in [0.4, 0.5) is 5.69 Å². The largest absolute Gasteiger partial charge is 0.475 e. The lowest BCUT2D eigenvalue weighted by Gasteiger charge is -2.05. The number of hydrogen-bond donors (Lipinski definition) is 2. The summed E-state index contributed by atoms with van der Waals surface area (Å²) in [6.07, 6.45) is 0. The van der Waals surface area contributed by atoms with Crippen LogP contribution in [0.3, 0.4) is 0 Å². The molecule has 2 N–H and O–H groups in total. The van der Waals surface area contributed by atoms with E-state index < -0.39 is 17.6 Å². The molecule has 0 saturated carbocycles. The predicted octanol–water partition coefficient (Wildman–Crippen LogP) is 2.15. The minimum absolute atomic E-state index is 0.208. The Morgan fingerprint density at radius 3 is 2.75 bits per heavy atom. The molecular formula is C12H6ClN3O4. The molecule has 0 unspecified atom stereocenters. The smallest absolute Gasteiger partial charge is 0.374 e. The van der Waals surface area contributed by atoms with Crippen LogP contribution in [0.25, 0.3) is 0 Å². The van der Waals surface area contributed by atoms with Gasteiger partial charge in [0.25, 0.3) is 5.91 Å². The molecule has 0 aliphatic rings. The van der Waals surface area contributed by atoms with E-state index in [1.807, 2.05) is 6.07 Å². The summed E-state index contributed by atoms with van der Waals surface area (Å²) in [6, 6.07) is 7.23. The third-order valence-electron chi connectivity index (χ3n) is 2.30. The fraction of sp³-hybridized carbons (Fsp3) is 0. The second-order valence-electron chi connectivity index (χ2n) is 3.64. The molecule has 1 aromatic heterocycles. The molecule has 0 aliphatic carbocycles. The van der Waals surface area contributed by atoms with Gasteiger partial charge in [0.2, 0.25) is 5.76 Å². The lowest BCUT2D eigenvalue weighted by atomic mass is 10.2. The van der Waals surface area contributed by atoms with Crippen molar-refractivity contribution >= 4 is 29.2 Å². The summed E-state index contributed by atoms with van der Waals surface area (Å²) in [7, 11) is 0. The third kappa shape index (κ3) is 2.76. The van der Waals surface area contributed by atoms with Gasteiger partial charge in [-0.2, -0.15) is 5.26 Å². The fourth-order valence-corrected chi connectivity index (χ4v) is 1.52. The van der Waals surface area contributed by atoms with Crippen LogP contribution in [-0.4, -0.2) is 22.1 Å². The number of carbonyl (C=O) groups is 2. The first-order chi connectivity index (χ1) is 9.51. The highest BCUT2D eigenvalue weighted by Gasteiger charge is 2.17. The summed E-state index contributed by atoms with van der Waals surface area (Å²) < 4.78 is 4.46. The van der Waals surface area contributed by atoms with Crippen molar-refractivity contribution in [3.63, 3.8) is 0 Å². The second kappa shape index (κ2) is 5.42. The minimum atomic E-state index is -1.33. The summed E-state index contributed by atoms with van der Waals surface area (Å²) in [5.74, 6) is -2.48. The van der Waals surface area contributed by atoms with E-state index in [0.29, 0.717) is 5.56 Å². The van der Waals surface area contributed by atoms with E-state index in [4.69, 9.17) is 22.0 Å². The molecule has 0 radical (unpaired) electrons. The Kier molecular flexibility index (Phi) is 3.68. The fourth-order valence-electron chi connectivity index (χ4n) is 1.36. The number of nitrogens with one attached hydrogen (secondary N) is 1. The van der Waals surface area contributed by atoms with Crippen molar-refractivity contribution in [1.82, 2.24) is 5.16 Å². The van der Waals surface area contributed by atoms with Crippen molar-refractivity contribution in [2.75, 3.05) is 5.32 Å². The molecule has 7 nitrogen and oxygen atoms in total. The van der Waals surface area contributed by atoms with Gasteiger partial charge in [0.1, 0.15) is 0 Å². The van der Waals surface area contributed by atoms with E-state index in [1.54, 1.807) is 0 Å². The van der Waals surface area contributed by atoms with E-state index in [-0.39, 0.29) is 16.4 Å². The summed E-state index contributed by atoms with van der Waals surface area (Å²) >= 11 is 5.88. The molecule has 0 aliphatic heterocycles. The first-order valence-electron chi connectivity index (χ1n) is 5.22. The van der Waals surface area contributed by atoms with Crippen LogP contribution in [0.2, 0.25) is 5.02 Å². The number of carbonyl (C=O) groups excluding carboxylic acids is 1.